The number of nitrogens with one attached hydrogen (secondary N) is 1. The lowest BCUT2D eigenvalue weighted by molar-refractivity contribution is 0.565. The van der Waals surface area contributed by atoms with Gasteiger partial charge in [-0.3, -0.25) is 4.99 Å². The minimum atomic E-state index is -0.0401. The molecule has 1 aliphatic heterocycles. The molecule has 0 fully saturated rings. The molecular formula is C11H10N2O. The molecule has 1 aliphatic rings. The van der Waals surface area contributed by atoms with E-state index in [9.17, 15) is 4.79 Å². The van der Waals surface area contributed by atoms with Crippen molar-refractivity contribution in [2.24, 2.45) is 4.99 Å². The molecule has 1 aromatic carbocycles. The van der Waals surface area contributed by atoms with Gasteiger partial charge in [-0.15, -0.1) is 0 Å². The minimum absolute atomic E-state index is 0.0401. The van der Waals surface area contributed by atoms with Crippen molar-refractivity contribution < 1.29 is 4.79 Å². The molecule has 14 heavy (non-hydrogen) atoms. The van der Waals surface area contributed by atoms with Gasteiger partial charge in [0, 0.05) is 5.56 Å². The largest absolute Gasteiger partial charge is 0.353 e. The summed E-state index contributed by atoms with van der Waals surface area (Å²) in [6.45, 7) is 1.90. The summed E-state index contributed by atoms with van der Waals surface area (Å²) < 4.78 is 0. The number of benzene rings is 1. The summed E-state index contributed by atoms with van der Waals surface area (Å²) >= 11 is 0. The summed E-state index contributed by atoms with van der Waals surface area (Å²) in [5, 5.41) is 2.94. The maximum Gasteiger partial charge on any atom is 0.152 e. The van der Waals surface area contributed by atoms with Crippen molar-refractivity contribution in [3.8, 4) is 0 Å². The Morgan fingerprint density at radius 1 is 1.36 bits per heavy atom. The predicted molar refractivity (Wildman–Crippen MR) is 54.8 cm³/mol. The molecule has 0 saturated heterocycles. The molecule has 70 valence electrons. The van der Waals surface area contributed by atoms with Gasteiger partial charge in [-0.2, -0.15) is 0 Å². The highest BCUT2D eigenvalue weighted by Gasteiger charge is 2.20. The van der Waals surface area contributed by atoms with Gasteiger partial charge in [0.05, 0.1) is 0 Å². The highest BCUT2D eigenvalue weighted by molar-refractivity contribution is 6.17. The predicted octanol–water partition coefficient (Wildman–Crippen LogP) is 1.14. The van der Waals surface area contributed by atoms with E-state index in [1.54, 1.807) is 0 Å². The molecule has 2 rings (SSSR count). The van der Waals surface area contributed by atoms with Crippen LogP contribution in [0, 0.1) is 0 Å². The molecular weight excluding hydrogens is 176 g/mol. The van der Waals surface area contributed by atoms with Crippen LogP contribution in [-0.2, 0) is 4.79 Å². The third kappa shape index (κ3) is 1.45. The van der Waals surface area contributed by atoms with Crippen LogP contribution in [0.5, 0.6) is 0 Å². The van der Waals surface area contributed by atoms with Crippen LogP contribution in [0.25, 0.3) is 0 Å². The van der Waals surface area contributed by atoms with Crippen molar-refractivity contribution in [2.45, 2.75) is 13.1 Å². The van der Waals surface area contributed by atoms with Gasteiger partial charge >= 0.3 is 0 Å². The number of nitrogens with zero attached hydrogens (tertiary/aromatic N) is 1. The zero-order valence-electron chi connectivity index (χ0n) is 7.82. The number of rotatable bonds is 1. The lowest BCUT2D eigenvalue weighted by Gasteiger charge is -1.99. The molecule has 1 N–H and O–H groups in total. The second-order valence-corrected chi connectivity index (χ2v) is 3.14. The van der Waals surface area contributed by atoms with E-state index in [0.29, 0.717) is 11.4 Å². The first-order chi connectivity index (χ1) is 6.81. The highest BCUT2D eigenvalue weighted by Crippen LogP contribution is 2.12. The molecule has 3 nitrogen and oxygen atoms in total. The zero-order valence-corrected chi connectivity index (χ0v) is 7.82. The number of hydrogen-bond acceptors (Lipinski definition) is 3. The Bertz CT molecular complexity index is 416. The van der Waals surface area contributed by atoms with E-state index in [0.717, 1.165) is 5.56 Å². The molecule has 0 spiro atoms. The van der Waals surface area contributed by atoms with Crippen molar-refractivity contribution >= 4 is 11.7 Å². The van der Waals surface area contributed by atoms with Gasteiger partial charge < -0.3 is 5.32 Å². The molecule has 0 bridgehead atoms. The van der Waals surface area contributed by atoms with Crippen LogP contribution in [0.15, 0.2) is 41.0 Å². The summed E-state index contributed by atoms with van der Waals surface area (Å²) in [6.07, 6.45) is -0.0401. The van der Waals surface area contributed by atoms with Crippen LogP contribution in [0.4, 0.5) is 0 Å². The van der Waals surface area contributed by atoms with E-state index in [2.05, 4.69) is 10.3 Å². The van der Waals surface area contributed by atoms with Crippen molar-refractivity contribution in [3.63, 3.8) is 0 Å². The van der Waals surface area contributed by atoms with Gasteiger partial charge in [-0.1, -0.05) is 30.3 Å². The Kier molecular flexibility index (Phi) is 2.17. The molecule has 3 heteroatoms. The van der Waals surface area contributed by atoms with E-state index in [4.69, 9.17) is 0 Å². The summed E-state index contributed by atoms with van der Waals surface area (Å²) in [5.74, 6) is 1.87. The van der Waals surface area contributed by atoms with Gasteiger partial charge in [-0.05, 0) is 6.92 Å². The van der Waals surface area contributed by atoms with Gasteiger partial charge in [0.25, 0.3) is 0 Å². The van der Waals surface area contributed by atoms with Crippen LogP contribution in [0.1, 0.15) is 12.5 Å². The van der Waals surface area contributed by atoms with Crippen molar-refractivity contribution in [1.29, 1.82) is 0 Å². The summed E-state index contributed by atoms with van der Waals surface area (Å²) in [4.78, 5) is 14.9. The van der Waals surface area contributed by atoms with E-state index < -0.39 is 0 Å². The third-order valence-corrected chi connectivity index (χ3v) is 2.06. The maximum absolute atomic E-state index is 10.6. The molecule has 0 amide bonds. The number of carbonyl (C=O) groups excluding carboxylic acids is 1. The minimum Gasteiger partial charge on any atom is -0.353 e. The van der Waals surface area contributed by atoms with Gasteiger partial charge in [0.1, 0.15) is 17.6 Å². The Morgan fingerprint density at radius 2 is 2.07 bits per heavy atom. The third-order valence-electron chi connectivity index (χ3n) is 2.06. The average molecular weight is 186 g/mol. The summed E-state index contributed by atoms with van der Waals surface area (Å²) in [6, 6.07) is 9.62. The monoisotopic (exact) mass is 186 g/mol. The molecule has 1 heterocycles. The highest BCUT2D eigenvalue weighted by atomic mass is 16.1. The summed E-state index contributed by atoms with van der Waals surface area (Å²) in [5.41, 5.74) is 2.10. The second kappa shape index (κ2) is 3.48. The first kappa shape index (κ1) is 8.73. The first-order valence-corrected chi connectivity index (χ1v) is 4.46. The van der Waals surface area contributed by atoms with E-state index in [-0.39, 0.29) is 6.17 Å². The smallest absolute Gasteiger partial charge is 0.152 e. The molecule has 0 radical (unpaired) electrons. The van der Waals surface area contributed by atoms with Gasteiger partial charge in [0.2, 0.25) is 0 Å². The number of hydrogen-bond donors (Lipinski definition) is 1. The molecule has 0 saturated carbocycles. The van der Waals surface area contributed by atoms with E-state index in [1.165, 1.54) is 0 Å². The van der Waals surface area contributed by atoms with E-state index in [1.807, 2.05) is 43.2 Å². The fraction of sp³-hybridized carbons (Fsp3) is 0.182. The van der Waals surface area contributed by atoms with E-state index >= 15 is 0 Å². The van der Waals surface area contributed by atoms with Crippen LogP contribution >= 0.6 is 0 Å². The standard InChI is InChI=1S/C11H10N2O/c1-8-12-10(7-14)11(13-8)9-5-3-2-4-6-9/h2-6,8,12H,1H3. The fourth-order valence-corrected chi connectivity index (χ4v) is 1.46. The Hall–Kier alpha value is -1.86. The second-order valence-electron chi connectivity index (χ2n) is 3.14. The normalized spacial score (nSPS) is 19.9. The lowest BCUT2D eigenvalue weighted by atomic mass is 10.1. The Labute approximate surface area is 82.2 Å². The lowest BCUT2D eigenvalue weighted by Crippen LogP contribution is -2.18. The van der Waals surface area contributed by atoms with Gasteiger partial charge in [0.15, 0.2) is 5.94 Å². The van der Waals surface area contributed by atoms with Crippen molar-refractivity contribution in [1.82, 2.24) is 5.32 Å². The first-order valence-electron chi connectivity index (χ1n) is 4.46. The van der Waals surface area contributed by atoms with Crippen molar-refractivity contribution in [3.05, 3.63) is 41.6 Å². The topological polar surface area (TPSA) is 41.5 Å². The van der Waals surface area contributed by atoms with Gasteiger partial charge in [-0.25, -0.2) is 4.79 Å². The SMILES string of the molecule is CC1N=C(c2ccccc2)C(=C=O)N1. The zero-order chi connectivity index (χ0) is 9.97. The van der Waals surface area contributed by atoms with Crippen LogP contribution in [-0.4, -0.2) is 17.8 Å². The number of aliphatic imine (C=N–C) groups is 1. The Morgan fingerprint density at radius 3 is 2.71 bits per heavy atom. The molecule has 0 aliphatic carbocycles. The molecule has 0 aromatic heterocycles. The molecule has 1 atom stereocenters. The van der Waals surface area contributed by atoms with Crippen LogP contribution in [0.3, 0.4) is 0 Å². The quantitative estimate of drug-likeness (QED) is 0.668. The van der Waals surface area contributed by atoms with Crippen LogP contribution in [0.2, 0.25) is 0 Å². The molecule has 1 unspecified atom stereocenters. The number of allylic oxidation sites excluding steroid dienone is 1. The van der Waals surface area contributed by atoms with Crippen molar-refractivity contribution in [2.75, 3.05) is 0 Å². The van der Waals surface area contributed by atoms with Crippen LogP contribution < -0.4 is 5.32 Å². The maximum atomic E-state index is 10.6. The average Bonchev–Trinajstić information content (AvgIpc) is 2.61. The Balaban J connectivity index is 2.44. The molecule has 1 aromatic rings. The summed E-state index contributed by atoms with van der Waals surface area (Å²) in [7, 11) is 0. The fourth-order valence-electron chi connectivity index (χ4n) is 1.46.